The van der Waals surface area contributed by atoms with Crippen LogP contribution in [0.1, 0.15) is 5.56 Å². The maximum atomic E-state index is 13.9. The minimum atomic E-state index is -0.596. The second-order valence-electron chi connectivity index (χ2n) is 4.56. The average Bonchev–Trinajstić information content (AvgIpc) is 2.50. The number of hydrogen-bond acceptors (Lipinski definition) is 2. The summed E-state index contributed by atoms with van der Waals surface area (Å²) >= 11 is 0. The predicted molar refractivity (Wildman–Crippen MR) is 75.4 cm³/mol. The zero-order valence-corrected chi connectivity index (χ0v) is 10.9. The smallest absolute Gasteiger partial charge is 0.149 e. The molecule has 0 aliphatic rings. The maximum Gasteiger partial charge on any atom is 0.149 e. The van der Waals surface area contributed by atoms with Crippen molar-refractivity contribution in [2.75, 3.05) is 5.32 Å². The van der Waals surface area contributed by atoms with Crippen molar-refractivity contribution in [1.29, 1.82) is 0 Å². The highest BCUT2D eigenvalue weighted by atomic mass is 19.1. The first-order chi connectivity index (χ1) is 10.2. The van der Waals surface area contributed by atoms with Crippen LogP contribution in [-0.4, -0.2) is 4.98 Å². The SMILES string of the molecule is Fc1ccccc1CNc1ccnc2c(F)ccc(F)c12. The lowest BCUT2D eigenvalue weighted by Crippen LogP contribution is -2.03. The predicted octanol–water partition coefficient (Wildman–Crippen LogP) is 4.26. The van der Waals surface area contributed by atoms with E-state index >= 15 is 0 Å². The molecule has 1 heterocycles. The molecule has 2 nitrogen and oxygen atoms in total. The average molecular weight is 288 g/mol. The molecule has 0 amide bonds. The number of nitrogens with zero attached hydrogens (tertiary/aromatic N) is 1. The highest BCUT2D eigenvalue weighted by molar-refractivity contribution is 5.91. The molecule has 0 atom stereocenters. The molecule has 0 saturated heterocycles. The molecular weight excluding hydrogens is 277 g/mol. The van der Waals surface area contributed by atoms with Crippen LogP contribution in [0.2, 0.25) is 0 Å². The van der Waals surface area contributed by atoms with Gasteiger partial charge in [-0.3, -0.25) is 4.98 Å². The Kier molecular flexibility index (Phi) is 3.48. The Bertz CT molecular complexity index is 803. The van der Waals surface area contributed by atoms with Crippen molar-refractivity contribution in [2.24, 2.45) is 0 Å². The quantitative estimate of drug-likeness (QED) is 0.778. The number of hydrogen-bond donors (Lipinski definition) is 1. The van der Waals surface area contributed by atoms with E-state index in [1.165, 1.54) is 18.3 Å². The van der Waals surface area contributed by atoms with Gasteiger partial charge in [0.15, 0.2) is 0 Å². The molecule has 0 aliphatic carbocycles. The van der Waals surface area contributed by atoms with E-state index in [0.29, 0.717) is 11.3 Å². The van der Waals surface area contributed by atoms with E-state index in [0.717, 1.165) is 12.1 Å². The van der Waals surface area contributed by atoms with Crippen LogP contribution in [0, 0.1) is 17.5 Å². The van der Waals surface area contributed by atoms with Crippen molar-refractivity contribution in [1.82, 2.24) is 4.98 Å². The van der Waals surface area contributed by atoms with Crippen LogP contribution in [0.4, 0.5) is 18.9 Å². The monoisotopic (exact) mass is 288 g/mol. The number of nitrogens with one attached hydrogen (secondary N) is 1. The molecule has 5 heteroatoms. The standard InChI is InChI=1S/C16H11F3N2/c17-11-4-2-1-3-10(11)9-21-14-7-8-20-16-13(19)6-5-12(18)15(14)16/h1-8H,9H2,(H,20,21). The Labute approximate surface area is 119 Å². The Morgan fingerprint density at radius 2 is 1.62 bits per heavy atom. The first-order valence-corrected chi connectivity index (χ1v) is 6.37. The van der Waals surface area contributed by atoms with E-state index in [2.05, 4.69) is 10.3 Å². The van der Waals surface area contributed by atoms with Crippen LogP contribution in [0.3, 0.4) is 0 Å². The number of pyridine rings is 1. The van der Waals surface area contributed by atoms with Crippen LogP contribution in [0.15, 0.2) is 48.7 Å². The van der Waals surface area contributed by atoms with Gasteiger partial charge in [0, 0.05) is 24.0 Å². The number of aromatic nitrogens is 1. The van der Waals surface area contributed by atoms with Crippen molar-refractivity contribution >= 4 is 16.6 Å². The van der Waals surface area contributed by atoms with E-state index in [-0.39, 0.29) is 23.3 Å². The lowest BCUT2D eigenvalue weighted by Gasteiger charge is -2.11. The number of fused-ring (bicyclic) bond motifs is 1. The van der Waals surface area contributed by atoms with E-state index in [1.807, 2.05) is 0 Å². The molecule has 21 heavy (non-hydrogen) atoms. The molecule has 2 aromatic carbocycles. The summed E-state index contributed by atoms with van der Waals surface area (Å²) in [6.07, 6.45) is 1.38. The van der Waals surface area contributed by atoms with Crippen molar-refractivity contribution < 1.29 is 13.2 Å². The molecular formula is C16H11F3N2. The van der Waals surface area contributed by atoms with Crippen LogP contribution >= 0.6 is 0 Å². The summed E-state index contributed by atoms with van der Waals surface area (Å²) in [4.78, 5) is 3.85. The molecule has 3 rings (SSSR count). The normalized spacial score (nSPS) is 10.8. The summed E-state index contributed by atoms with van der Waals surface area (Å²) in [5, 5.41) is 2.99. The summed E-state index contributed by atoms with van der Waals surface area (Å²) in [7, 11) is 0. The van der Waals surface area contributed by atoms with Crippen molar-refractivity contribution in [3.8, 4) is 0 Å². The molecule has 0 fully saturated rings. The number of benzene rings is 2. The van der Waals surface area contributed by atoms with Crippen LogP contribution < -0.4 is 5.32 Å². The fourth-order valence-corrected chi connectivity index (χ4v) is 2.17. The van der Waals surface area contributed by atoms with E-state index in [9.17, 15) is 13.2 Å². The molecule has 0 aliphatic heterocycles. The van der Waals surface area contributed by atoms with Gasteiger partial charge >= 0.3 is 0 Å². The van der Waals surface area contributed by atoms with Gasteiger partial charge in [0.1, 0.15) is 23.0 Å². The zero-order chi connectivity index (χ0) is 14.8. The highest BCUT2D eigenvalue weighted by Crippen LogP contribution is 2.27. The molecule has 3 aromatic rings. The Hall–Kier alpha value is -2.56. The first kappa shape index (κ1) is 13.4. The van der Waals surface area contributed by atoms with Gasteiger partial charge in [-0.05, 0) is 24.3 Å². The summed E-state index contributed by atoms with van der Waals surface area (Å²) in [5.74, 6) is -1.52. The van der Waals surface area contributed by atoms with Crippen LogP contribution in [0.25, 0.3) is 10.9 Å². The first-order valence-electron chi connectivity index (χ1n) is 6.37. The second kappa shape index (κ2) is 5.44. The van der Waals surface area contributed by atoms with Gasteiger partial charge in [0.2, 0.25) is 0 Å². The summed E-state index contributed by atoms with van der Waals surface area (Å²) in [6.45, 7) is 0.168. The molecule has 0 radical (unpaired) electrons. The minimum Gasteiger partial charge on any atom is -0.380 e. The van der Waals surface area contributed by atoms with Crippen molar-refractivity contribution in [3.05, 3.63) is 71.7 Å². The lowest BCUT2D eigenvalue weighted by molar-refractivity contribution is 0.612. The largest absolute Gasteiger partial charge is 0.380 e. The van der Waals surface area contributed by atoms with Gasteiger partial charge in [-0.25, -0.2) is 13.2 Å². The molecule has 0 saturated carbocycles. The number of anilines is 1. The Morgan fingerprint density at radius 3 is 2.43 bits per heavy atom. The molecule has 0 spiro atoms. The van der Waals surface area contributed by atoms with Gasteiger partial charge in [-0.2, -0.15) is 0 Å². The molecule has 1 N–H and O–H groups in total. The Morgan fingerprint density at radius 1 is 0.857 bits per heavy atom. The van der Waals surface area contributed by atoms with Crippen LogP contribution in [-0.2, 0) is 6.54 Å². The number of halogens is 3. The van der Waals surface area contributed by atoms with E-state index in [1.54, 1.807) is 18.2 Å². The Balaban J connectivity index is 1.98. The lowest BCUT2D eigenvalue weighted by atomic mass is 10.1. The third-order valence-corrected chi connectivity index (χ3v) is 3.22. The maximum absolute atomic E-state index is 13.9. The third kappa shape index (κ3) is 2.54. The van der Waals surface area contributed by atoms with Gasteiger partial charge < -0.3 is 5.32 Å². The summed E-state index contributed by atoms with van der Waals surface area (Å²) in [6, 6.07) is 9.90. The fraction of sp³-hybridized carbons (Fsp3) is 0.0625. The third-order valence-electron chi connectivity index (χ3n) is 3.22. The van der Waals surface area contributed by atoms with E-state index in [4.69, 9.17) is 0 Å². The topological polar surface area (TPSA) is 24.9 Å². The van der Waals surface area contributed by atoms with Gasteiger partial charge in [-0.15, -0.1) is 0 Å². The molecule has 1 aromatic heterocycles. The van der Waals surface area contributed by atoms with Gasteiger partial charge in [0.05, 0.1) is 5.39 Å². The molecule has 0 unspecified atom stereocenters. The second-order valence-corrected chi connectivity index (χ2v) is 4.56. The molecule has 0 bridgehead atoms. The van der Waals surface area contributed by atoms with Gasteiger partial charge in [0.25, 0.3) is 0 Å². The van der Waals surface area contributed by atoms with Gasteiger partial charge in [-0.1, -0.05) is 18.2 Å². The van der Waals surface area contributed by atoms with Crippen molar-refractivity contribution in [2.45, 2.75) is 6.54 Å². The van der Waals surface area contributed by atoms with Crippen molar-refractivity contribution in [3.63, 3.8) is 0 Å². The zero-order valence-electron chi connectivity index (χ0n) is 10.9. The van der Waals surface area contributed by atoms with E-state index < -0.39 is 11.6 Å². The highest BCUT2D eigenvalue weighted by Gasteiger charge is 2.11. The number of rotatable bonds is 3. The van der Waals surface area contributed by atoms with Crippen LogP contribution in [0.5, 0.6) is 0 Å². The molecule has 106 valence electrons. The summed E-state index contributed by atoms with van der Waals surface area (Å²) < 4.78 is 41.1. The summed E-state index contributed by atoms with van der Waals surface area (Å²) in [5.41, 5.74) is 0.771. The fourth-order valence-electron chi connectivity index (χ4n) is 2.17. The minimum absolute atomic E-state index is 0.0477.